The Kier molecular flexibility index (Phi) is 5.44. The first kappa shape index (κ1) is 19.2. The van der Waals surface area contributed by atoms with E-state index in [1.807, 2.05) is 0 Å². The minimum atomic E-state index is -4.59. The molecule has 2 amide bonds. The summed E-state index contributed by atoms with van der Waals surface area (Å²) < 4.78 is 39.2. The fraction of sp³-hybridized carbons (Fsp3) is 0.0476. The molecule has 0 aliphatic carbocycles. The highest BCUT2D eigenvalue weighted by Gasteiger charge is 2.33. The zero-order valence-corrected chi connectivity index (χ0v) is 14.5. The molecule has 3 aromatic rings. The third kappa shape index (κ3) is 4.56. The lowest BCUT2D eigenvalue weighted by Gasteiger charge is -2.14. The van der Waals surface area contributed by atoms with E-state index in [1.165, 1.54) is 36.4 Å². The van der Waals surface area contributed by atoms with Crippen molar-refractivity contribution in [2.24, 2.45) is 0 Å². The van der Waals surface area contributed by atoms with Gasteiger partial charge in [-0.3, -0.25) is 9.59 Å². The maximum absolute atomic E-state index is 13.1. The summed E-state index contributed by atoms with van der Waals surface area (Å²) in [6, 6.07) is 19.2. The largest absolute Gasteiger partial charge is 0.418 e. The normalized spacial score (nSPS) is 11.0. The van der Waals surface area contributed by atoms with E-state index in [9.17, 15) is 22.8 Å². The van der Waals surface area contributed by atoms with Gasteiger partial charge in [-0.2, -0.15) is 13.2 Å². The number of anilines is 2. The Morgan fingerprint density at radius 3 is 2.00 bits per heavy atom. The van der Waals surface area contributed by atoms with Gasteiger partial charge in [0.05, 0.1) is 11.3 Å². The number of rotatable bonds is 4. The molecule has 0 heterocycles. The first-order valence-electron chi connectivity index (χ1n) is 8.28. The number of para-hydroxylation sites is 1. The second-order valence-corrected chi connectivity index (χ2v) is 5.90. The van der Waals surface area contributed by atoms with Crippen molar-refractivity contribution in [1.29, 1.82) is 0 Å². The summed E-state index contributed by atoms with van der Waals surface area (Å²) in [6.45, 7) is 0. The molecule has 0 fully saturated rings. The number of amides is 2. The molecule has 4 nitrogen and oxygen atoms in total. The van der Waals surface area contributed by atoms with Crippen LogP contribution in [0, 0.1) is 0 Å². The van der Waals surface area contributed by atoms with Gasteiger partial charge in [0.15, 0.2) is 0 Å². The Bertz CT molecular complexity index is 1000. The number of benzene rings is 3. The molecule has 0 saturated carbocycles. The van der Waals surface area contributed by atoms with Gasteiger partial charge >= 0.3 is 6.18 Å². The predicted molar refractivity (Wildman–Crippen MR) is 100 cm³/mol. The molecule has 0 unspecified atom stereocenters. The van der Waals surface area contributed by atoms with Crippen LogP contribution in [0.1, 0.15) is 26.3 Å². The lowest BCUT2D eigenvalue weighted by atomic mass is 10.1. The summed E-state index contributed by atoms with van der Waals surface area (Å²) in [7, 11) is 0. The van der Waals surface area contributed by atoms with Crippen molar-refractivity contribution in [2.45, 2.75) is 6.18 Å². The maximum Gasteiger partial charge on any atom is 0.418 e. The lowest BCUT2D eigenvalue weighted by Crippen LogP contribution is -2.17. The van der Waals surface area contributed by atoms with Gasteiger partial charge in [0.25, 0.3) is 11.8 Å². The summed E-state index contributed by atoms with van der Waals surface area (Å²) in [5, 5.41) is 4.93. The van der Waals surface area contributed by atoms with Gasteiger partial charge in [0.1, 0.15) is 0 Å². The average Bonchev–Trinajstić information content (AvgIpc) is 2.68. The van der Waals surface area contributed by atoms with Gasteiger partial charge in [-0.05, 0) is 42.5 Å². The van der Waals surface area contributed by atoms with Crippen LogP contribution in [0.15, 0.2) is 78.9 Å². The molecule has 0 saturated heterocycles. The van der Waals surface area contributed by atoms with Crippen molar-refractivity contribution in [2.75, 3.05) is 10.6 Å². The van der Waals surface area contributed by atoms with Crippen LogP contribution in [0.25, 0.3) is 0 Å². The van der Waals surface area contributed by atoms with Gasteiger partial charge in [0.2, 0.25) is 0 Å². The van der Waals surface area contributed by atoms with Crippen molar-refractivity contribution in [1.82, 2.24) is 0 Å². The summed E-state index contributed by atoms with van der Waals surface area (Å²) >= 11 is 0. The van der Waals surface area contributed by atoms with Gasteiger partial charge in [0, 0.05) is 16.8 Å². The van der Waals surface area contributed by atoms with Crippen LogP contribution in [0.4, 0.5) is 24.5 Å². The van der Waals surface area contributed by atoms with Crippen LogP contribution < -0.4 is 10.6 Å². The van der Waals surface area contributed by atoms with E-state index in [-0.39, 0.29) is 17.2 Å². The molecule has 28 heavy (non-hydrogen) atoms. The molecule has 0 aliphatic rings. The van der Waals surface area contributed by atoms with E-state index in [0.717, 1.165) is 6.07 Å². The molecule has 3 aromatic carbocycles. The van der Waals surface area contributed by atoms with Crippen molar-refractivity contribution < 1.29 is 22.8 Å². The van der Waals surface area contributed by atoms with Crippen molar-refractivity contribution in [3.63, 3.8) is 0 Å². The van der Waals surface area contributed by atoms with Crippen LogP contribution in [0.2, 0.25) is 0 Å². The molecule has 3 rings (SSSR count). The molecule has 0 atom stereocenters. The quantitative estimate of drug-likeness (QED) is 0.649. The van der Waals surface area contributed by atoms with Crippen molar-refractivity contribution >= 4 is 23.2 Å². The minimum Gasteiger partial charge on any atom is -0.322 e. The van der Waals surface area contributed by atoms with E-state index in [2.05, 4.69) is 10.6 Å². The number of alkyl halides is 3. The SMILES string of the molecule is O=C(Nc1cccc(C(=O)Nc2ccccc2C(F)(F)F)c1)c1ccccc1. The average molecular weight is 384 g/mol. The summed E-state index contributed by atoms with van der Waals surface area (Å²) in [6.07, 6.45) is -4.59. The third-order valence-electron chi connectivity index (χ3n) is 3.90. The fourth-order valence-corrected chi connectivity index (χ4v) is 2.56. The molecule has 0 radical (unpaired) electrons. The maximum atomic E-state index is 13.1. The van der Waals surface area contributed by atoms with Crippen LogP contribution in [-0.4, -0.2) is 11.8 Å². The van der Waals surface area contributed by atoms with Gasteiger partial charge in [-0.1, -0.05) is 36.4 Å². The Balaban J connectivity index is 1.77. The summed E-state index contributed by atoms with van der Waals surface area (Å²) in [5.74, 6) is -1.08. The highest BCUT2D eigenvalue weighted by Crippen LogP contribution is 2.34. The van der Waals surface area contributed by atoms with E-state index < -0.39 is 17.6 Å². The Morgan fingerprint density at radius 2 is 1.29 bits per heavy atom. The number of hydrogen-bond donors (Lipinski definition) is 2. The molecule has 0 bridgehead atoms. The highest BCUT2D eigenvalue weighted by molar-refractivity contribution is 6.07. The Hall–Kier alpha value is -3.61. The Morgan fingerprint density at radius 1 is 0.679 bits per heavy atom. The molecular formula is C21H15F3N2O2. The molecule has 7 heteroatoms. The van der Waals surface area contributed by atoms with Crippen molar-refractivity contribution in [3.05, 3.63) is 95.6 Å². The molecule has 142 valence electrons. The highest BCUT2D eigenvalue weighted by atomic mass is 19.4. The smallest absolute Gasteiger partial charge is 0.322 e. The van der Waals surface area contributed by atoms with Crippen LogP contribution in [0.3, 0.4) is 0 Å². The van der Waals surface area contributed by atoms with Crippen LogP contribution in [0.5, 0.6) is 0 Å². The number of nitrogens with one attached hydrogen (secondary N) is 2. The number of carbonyl (C=O) groups is 2. The third-order valence-corrected chi connectivity index (χ3v) is 3.90. The first-order valence-corrected chi connectivity index (χ1v) is 8.28. The predicted octanol–water partition coefficient (Wildman–Crippen LogP) is 5.21. The molecule has 2 N–H and O–H groups in total. The number of hydrogen-bond acceptors (Lipinski definition) is 2. The zero-order valence-electron chi connectivity index (χ0n) is 14.5. The standard InChI is InChI=1S/C21H15F3N2O2/c22-21(23,24)17-11-4-5-12-18(17)26-20(28)15-9-6-10-16(13-15)25-19(27)14-7-2-1-3-8-14/h1-13H,(H,25,27)(H,26,28). The van der Waals surface area contributed by atoms with E-state index in [0.29, 0.717) is 11.3 Å². The second-order valence-electron chi connectivity index (χ2n) is 5.90. The topological polar surface area (TPSA) is 58.2 Å². The molecule has 0 spiro atoms. The summed E-state index contributed by atoms with van der Waals surface area (Å²) in [4.78, 5) is 24.6. The van der Waals surface area contributed by atoms with Gasteiger partial charge < -0.3 is 10.6 Å². The lowest BCUT2D eigenvalue weighted by molar-refractivity contribution is -0.136. The minimum absolute atomic E-state index is 0.114. The van der Waals surface area contributed by atoms with Crippen molar-refractivity contribution in [3.8, 4) is 0 Å². The summed E-state index contributed by atoms with van der Waals surface area (Å²) in [5.41, 5.74) is -0.361. The van der Waals surface area contributed by atoms with Gasteiger partial charge in [-0.15, -0.1) is 0 Å². The molecule has 0 aromatic heterocycles. The van der Waals surface area contributed by atoms with Crippen LogP contribution in [-0.2, 0) is 6.18 Å². The Labute approximate surface area is 159 Å². The monoisotopic (exact) mass is 384 g/mol. The second kappa shape index (κ2) is 7.96. The number of carbonyl (C=O) groups excluding carboxylic acids is 2. The van der Waals surface area contributed by atoms with E-state index in [1.54, 1.807) is 36.4 Å². The zero-order chi connectivity index (χ0) is 20.1. The van der Waals surface area contributed by atoms with E-state index >= 15 is 0 Å². The fourth-order valence-electron chi connectivity index (χ4n) is 2.56. The van der Waals surface area contributed by atoms with Crippen LogP contribution >= 0.6 is 0 Å². The first-order chi connectivity index (χ1) is 13.3. The van der Waals surface area contributed by atoms with Gasteiger partial charge in [-0.25, -0.2) is 0 Å². The number of halogens is 3. The molecule has 0 aliphatic heterocycles. The van der Waals surface area contributed by atoms with E-state index in [4.69, 9.17) is 0 Å². The molecular weight excluding hydrogens is 369 g/mol.